The summed E-state index contributed by atoms with van der Waals surface area (Å²) in [7, 11) is 0. The molecule has 2 N–H and O–H groups in total. The molecule has 0 atom stereocenters. The molecule has 0 aliphatic heterocycles. The highest BCUT2D eigenvalue weighted by molar-refractivity contribution is 5.35. The normalized spacial score (nSPS) is 9.50. The highest BCUT2D eigenvalue weighted by Gasteiger charge is 1.95. The van der Waals surface area contributed by atoms with Gasteiger partial charge in [0.15, 0.2) is 0 Å². The molecule has 2 nitrogen and oxygen atoms in total. The van der Waals surface area contributed by atoms with Gasteiger partial charge in [0.05, 0.1) is 0 Å². The van der Waals surface area contributed by atoms with Crippen molar-refractivity contribution in [3.63, 3.8) is 0 Å². The summed E-state index contributed by atoms with van der Waals surface area (Å²) in [6.07, 6.45) is 0. The molecule has 0 fully saturated rings. The maximum atomic E-state index is 5.00. The fourth-order valence-electron chi connectivity index (χ4n) is 0.932. The fraction of sp³-hybridized carbons (Fsp3) is 0.250. The molecule has 0 aliphatic rings. The van der Waals surface area contributed by atoms with Crippen molar-refractivity contribution in [2.75, 3.05) is 0 Å². The van der Waals surface area contributed by atoms with Crippen LogP contribution in [0.25, 0.3) is 0 Å². The standard InChI is InChI=1S/C8H11NO/c1-6-3-4-8(10-9)7(2)5-6/h3-5H,9H2,1-2H3. The lowest BCUT2D eigenvalue weighted by Gasteiger charge is -2.02. The fourth-order valence-corrected chi connectivity index (χ4v) is 0.932. The zero-order valence-corrected chi connectivity index (χ0v) is 6.22. The van der Waals surface area contributed by atoms with E-state index in [2.05, 4.69) is 4.84 Å². The van der Waals surface area contributed by atoms with Gasteiger partial charge in [0.25, 0.3) is 0 Å². The minimum atomic E-state index is 0.741. The maximum absolute atomic E-state index is 5.00. The van der Waals surface area contributed by atoms with Gasteiger partial charge in [0, 0.05) is 0 Å². The molecule has 0 spiro atoms. The first-order valence-electron chi connectivity index (χ1n) is 3.18. The average molecular weight is 137 g/mol. The van der Waals surface area contributed by atoms with Gasteiger partial charge in [-0.1, -0.05) is 17.7 Å². The molecule has 0 bridgehead atoms. The summed E-state index contributed by atoms with van der Waals surface area (Å²) in [4.78, 5) is 4.60. The van der Waals surface area contributed by atoms with Crippen LogP contribution in [0.1, 0.15) is 11.1 Å². The Balaban J connectivity index is 3.07. The lowest BCUT2D eigenvalue weighted by atomic mass is 10.1. The largest absolute Gasteiger partial charge is 0.411 e. The van der Waals surface area contributed by atoms with E-state index in [1.54, 1.807) is 0 Å². The van der Waals surface area contributed by atoms with Crippen LogP contribution in [0.2, 0.25) is 0 Å². The van der Waals surface area contributed by atoms with E-state index in [9.17, 15) is 0 Å². The Labute approximate surface area is 60.6 Å². The summed E-state index contributed by atoms with van der Waals surface area (Å²) in [5.41, 5.74) is 2.29. The first-order valence-corrected chi connectivity index (χ1v) is 3.18. The van der Waals surface area contributed by atoms with Crippen molar-refractivity contribution in [1.82, 2.24) is 0 Å². The summed E-state index contributed by atoms with van der Waals surface area (Å²) in [6.45, 7) is 4.00. The lowest BCUT2D eigenvalue weighted by Crippen LogP contribution is -2.03. The van der Waals surface area contributed by atoms with Crippen molar-refractivity contribution in [3.8, 4) is 5.75 Å². The van der Waals surface area contributed by atoms with E-state index >= 15 is 0 Å². The van der Waals surface area contributed by atoms with Crippen molar-refractivity contribution < 1.29 is 4.84 Å². The summed E-state index contributed by atoms with van der Waals surface area (Å²) in [6, 6.07) is 5.86. The molecule has 1 rings (SSSR count). The second-order valence-electron chi connectivity index (χ2n) is 2.39. The number of rotatable bonds is 1. The first-order chi connectivity index (χ1) is 4.74. The molecule has 1 aromatic carbocycles. The van der Waals surface area contributed by atoms with Gasteiger partial charge in [-0.05, 0) is 25.5 Å². The van der Waals surface area contributed by atoms with Gasteiger partial charge in [-0.15, -0.1) is 0 Å². The van der Waals surface area contributed by atoms with Crippen LogP contribution in [0.5, 0.6) is 5.75 Å². The van der Waals surface area contributed by atoms with Gasteiger partial charge in [-0.25, -0.2) is 0 Å². The Morgan fingerprint density at radius 2 is 2.00 bits per heavy atom. The molecule has 0 aromatic heterocycles. The van der Waals surface area contributed by atoms with Crippen LogP contribution in [0.3, 0.4) is 0 Å². The van der Waals surface area contributed by atoms with Gasteiger partial charge in [0.2, 0.25) is 0 Å². The smallest absolute Gasteiger partial charge is 0.149 e. The predicted molar refractivity (Wildman–Crippen MR) is 40.7 cm³/mol. The highest BCUT2D eigenvalue weighted by Crippen LogP contribution is 2.16. The monoisotopic (exact) mass is 137 g/mol. The predicted octanol–water partition coefficient (Wildman–Crippen LogP) is 1.56. The van der Waals surface area contributed by atoms with Crippen molar-refractivity contribution in [1.29, 1.82) is 0 Å². The van der Waals surface area contributed by atoms with E-state index in [0.29, 0.717) is 0 Å². The molecule has 2 heteroatoms. The molecule has 0 unspecified atom stereocenters. The molecule has 0 aliphatic carbocycles. The topological polar surface area (TPSA) is 35.2 Å². The third-order valence-electron chi connectivity index (χ3n) is 1.46. The van der Waals surface area contributed by atoms with Gasteiger partial charge < -0.3 is 4.84 Å². The number of aryl methyl sites for hydroxylation is 2. The summed E-state index contributed by atoms with van der Waals surface area (Å²) >= 11 is 0. The Morgan fingerprint density at radius 3 is 2.50 bits per heavy atom. The van der Waals surface area contributed by atoms with E-state index in [1.165, 1.54) is 5.56 Å². The number of benzene rings is 1. The van der Waals surface area contributed by atoms with Crippen LogP contribution < -0.4 is 10.7 Å². The molecular formula is C8H11NO. The molecule has 10 heavy (non-hydrogen) atoms. The van der Waals surface area contributed by atoms with E-state index < -0.39 is 0 Å². The molecule has 0 heterocycles. The Kier molecular flexibility index (Phi) is 1.92. The third-order valence-corrected chi connectivity index (χ3v) is 1.46. The molecule has 54 valence electrons. The molecule has 0 saturated heterocycles. The molecular weight excluding hydrogens is 126 g/mol. The maximum Gasteiger partial charge on any atom is 0.149 e. The van der Waals surface area contributed by atoms with E-state index in [0.717, 1.165) is 11.3 Å². The van der Waals surface area contributed by atoms with Crippen LogP contribution in [0.4, 0.5) is 0 Å². The average Bonchev–Trinajstić information content (AvgIpc) is 1.88. The molecule has 0 amide bonds. The van der Waals surface area contributed by atoms with Crippen molar-refractivity contribution >= 4 is 0 Å². The van der Waals surface area contributed by atoms with Gasteiger partial charge >= 0.3 is 0 Å². The Bertz CT molecular complexity index is 233. The van der Waals surface area contributed by atoms with Crippen LogP contribution >= 0.6 is 0 Å². The second-order valence-corrected chi connectivity index (χ2v) is 2.39. The van der Waals surface area contributed by atoms with Crippen molar-refractivity contribution in [3.05, 3.63) is 29.3 Å². The van der Waals surface area contributed by atoms with E-state index in [-0.39, 0.29) is 0 Å². The number of hydrogen-bond acceptors (Lipinski definition) is 2. The molecule has 0 radical (unpaired) electrons. The van der Waals surface area contributed by atoms with E-state index in [4.69, 9.17) is 5.90 Å². The molecule has 1 aromatic rings. The van der Waals surface area contributed by atoms with Crippen LogP contribution in [-0.2, 0) is 0 Å². The minimum absolute atomic E-state index is 0.741. The quantitative estimate of drug-likeness (QED) is 0.596. The summed E-state index contributed by atoms with van der Waals surface area (Å²) in [5, 5.41) is 0. The number of nitrogens with two attached hydrogens (primary N) is 1. The van der Waals surface area contributed by atoms with Crippen molar-refractivity contribution in [2.45, 2.75) is 13.8 Å². The van der Waals surface area contributed by atoms with Gasteiger partial charge in [0.1, 0.15) is 5.75 Å². The van der Waals surface area contributed by atoms with Crippen molar-refractivity contribution in [2.24, 2.45) is 5.90 Å². The van der Waals surface area contributed by atoms with Crippen LogP contribution in [0, 0.1) is 13.8 Å². The third kappa shape index (κ3) is 1.28. The SMILES string of the molecule is Cc1ccc(ON)c(C)c1. The van der Waals surface area contributed by atoms with E-state index in [1.807, 2.05) is 32.0 Å². The summed E-state index contributed by atoms with van der Waals surface area (Å²) in [5.74, 6) is 5.74. The van der Waals surface area contributed by atoms with Crippen LogP contribution in [0.15, 0.2) is 18.2 Å². The second kappa shape index (κ2) is 2.71. The lowest BCUT2D eigenvalue weighted by molar-refractivity contribution is 0.332. The van der Waals surface area contributed by atoms with Gasteiger partial charge in [-0.2, -0.15) is 5.90 Å². The zero-order chi connectivity index (χ0) is 7.56. The highest BCUT2D eigenvalue weighted by atomic mass is 16.6. The molecule has 0 saturated carbocycles. The number of hydrogen-bond donors (Lipinski definition) is 1. The zero-order valence-electron chi connectivity index (χ0n) is 6.22. The summed E-state index contributed by atoms with van der Waals surface area (Å²) < 4.78 is 0. The minimum Gasteiger partial charge on any atom is -0.411 e. The Morgan fingerprint density at radius 1 is 1.30 bits per heavy atom. The first kappa shape index (κ1) is 7.09. The Hall–Kier alpha value is -1.02. The van der Waals surface area contributed by atoms with Gasteiger partial charge in [-0.3, -0.25) is 0 Å². The van der Waals surface area contributed by atoms with Crippen LogP contribution in [-0.4, -0.2) is 0 Å².